The highest BCUT2D eigenvalue weighted by Gasteiger charge is 2.31. The third kappa shape index (κ3) is 1.96. The van der Waals surface area contributed by atoms with Crippen LogP contribution in [0.25, 0.3) is 0 Å². The molecule has 0 unspecified atom stereocenters. The third-order valence-electron chi connectivity index (χ3n) is 2.63. The lowest BCUT2D eigenvalue weighted by Crippen LogP contribution is -2.51. The number of likely N-dealkylation sites (tertiary alicyclic amines) is 1. The number of carbonyl (C=O) groups is 1. The minimum absolute atomic E-state index is 0.108. The smallest absolute Gasteiger partial charge is 0.256 e. The minimum atomic E-state index is -0.161. The summed E-state index contributed by atoms with van der Waals surface area (Å²) >= 11 is 5.71. The van der Waals surface area contributed by atoms with Gasteiger partial charge in [-0.25, -0.2) is 4.98 Å². The van der Waals surface area contributed by atoms with Crippen LogP contribution >= 0.6 is 11.6 Å². The first-order valence-corrected chi connectivity index (χ1v) is 5.30. The number of nitrogen functional groups attached to an aromatic ring is 1. The number of nitrogens with two attached hydrogens (primary N) is 1. The van der Waals surface area contributed by atoms with Crippen LogP contribution in [0.15, 0.2) is 12.3 Å². The molecule has 1 fully saturated rings. The lowest BCUT2D eigenvalue weighted by molar-refractivity contribution is 0.0363. The highest BCUT2D eigenvalue weighted by atomic mass is 35.5. The zero-order valence-electron chi connectivity index (χ0n) is 8.56. The predicted octanol–water partition coefficient (Wildman–Crippen LogP) is 0.382. The fourth-order valence-electron chi connectivity index (χ4n) is 1.65. The van der Waals surface area contributed by atoms with Gasteiger partial charge < -0.3 is 15.7 Å². The molecule has 3 N–H and O–H groups in total. The van der Waals surface area contributed by atoms with Crippen molar-refractivity contribution in [3.63, 3.8) is 0 Å². The number of hydrogen-bond donors (Lipinski definition) is 2. The molecule has 1 saturated heterocycles. The van der Waals surface area contributed by atoms with E-state index in [1.807, 2.05) is 0 Å². The number of rotatable bonds is 2. The number of carbonyl (C=O) groups excluding carboxylic acids is 1. The molecule has 0 atom stereocenters. The highest BCUT2D eigenvalue weighted by Crippen LogP contribution is 2.22. The molecule has 2 rings (SSSR count). The Morgan fingerprint density at radius 1 is 1.69 bits per heavy atom. The van der Waals surface area contributed by atoms with E-state index in [4.69, 9.17) is 22.4 Å². The zero-order chi connectivity index (χ0) is 11.7. The molecule has 1 aliphatic heterocycles. The largest absolute Gasteiger partial charge is 0.397 e. The Kier molecular flexibility index (Phi) is 2.98. The normalized spacial score (nSPS) is 16.0. The summed E-state index contributed by atoms with van der Waals surface area (Å²) in [6, 6.07) is 1.46. The first-order chi connectivity index (χ1) is 7.61. The molecule has 1 amide bonds. The molecular weight excluding hydrogens is 230 g/mol. The van der Waals surface area contributed by atoms with Crippen molar-refractivity contribution >= 4 is 23.2 Å². The van der Waals surface area contributed by atoms with Crippen LogP contribution in [0.1, 0.15) is 10.4 Å². The predicted molar refractivity (Wildman–Crippen MR) is 60.1 cm³/mol. The van der Waals surface area contributed by atoms with E-state index in [1.165, 1.54) is 12.3 Å². The Morgan fingerprint density at radius 2 is 2.38 bits per heavy atom. The molecule has 0 aromatic carbocycles. The van der Waals surface area contributed by atoms with Crippen LogP contribution in [-0.4, -0.2) is 40.6 Å². The van der Waals surface area contributed by atoms with Crippen molar-refractivity contribution in [1.82, 2.24) is 9.88 Å². The molecule has 0 saturated carbocycles. The van der Waals surface area contributed by atoms with E-state index in [0.717, 1.165) is 0 Å². The average molecular weight is 242 g/mol. The second-order valence-electron chi connectivity index (χ2n) is 3.85. The molecule has 0 aliphatic carbocycles. The quantitative estimate of drug-likeness (QED) is 0.734. The number of aromatic nitrogens is 1. The number of halogens is 1. The molecule has 0 spiro atoms. The van der Waals surface area contributed by atoms with Crippen LogP contribution in [-0.2, 0) is 0 Å². The van der Waals surface area contributed by atoms with Crippen molar-refractivity contribution < 1.29 is 9.90 Å². The summed E-state index contributed by atoms with van der Waals surface area (Å²) in [6.45, 7) is 1.24. The van der Waals surface area contributed by atoms with E-state index in [-0.39, 0.29) is 23.6 Å². The summed E-state index contributed by atoms with van der Waals surface area (Å²) in [5.74, 6) is 0.0222. The Morgan fingerprint density at radius 3 is 3.00 bits per heavy atom. The standard InChI is InChI=1S/C10H12ClN3O2/c11-9-1-7(8(12)2-13-9)10(16)14-3-6(4-14)5-15/h1-2,6,15H,3-5,12H2. The second kappa shape index (κ2) is 4.27. The van der Waals surface area contributed by atoms with Crippen LogP contribution in [0.3, 0.4) is 0 Å². The number of pyridine rings is 1. The van der Waals surface area contributed by atoms with E-state index >= 15 is 0 Å². The molecular formula is C10H12ClN3O2. The maximum atomic E-state index is 11.9. The van der Waals surface area contributed by atoms with Gasteiger partial charge in [-0.2, -0.15) is 0 Å². The van der Waals surface area contributed by atoms with Crippen molar-refractivity contribution in [2.75, 3.05) is 25.4 Å². The van der Waals surface area contributed by atoms with Crippen LogP contribution in [0.5, 0.6) is 0 Å². The fraction of sp³-hybridized carbons (Fsp3) is 0.400. The number of anilines is 1. The van der Waals surface area contributed by atoms with Gasteiger partial charge in [0.15, 0.2) is 0 Å². The summed E-state index contributed by atoms with van der Waals surface area (Å²) < 4.78 is 0. The van der Waals surface area contributed by atoms with Crippen LogP contribution in [0.2, 0.25) is 5.15 Å². The van der Waals surface area contributed by atoms with Crippen LogP contribution in [0, 0.1) is 5.92 Å². The van der Waals surface area contributed by atoms with E-state index in [9.17, 15) is 4.79 Å². The number of aliphatic hydroxyl groups excluding tert-OH is 1. The minimum Gasteiger partial charge on any atom is -0.397 e. The van der Waals surface area contributed by atoms with Crippen LogP contribution < -0.4 is 5.73 Å². The van der Waals surface area contributed by atoms with Crippen molar-refractivity contribution in [2.45, 2.75) is 0 Å². The average Bonchev–Trinajstić information content (AvgIpc) is 2.20. The molecule has 2 heterocycles. The van der Waals surface area contributed by atoms with Gasteiger partial charge in [0.05, 0.1) is 17.4 Å². The summed E-state index contributed by atoms with van der Waals surface area (Å²) in [7, 11) is 0. The SMILES string of the molecule is Nc1cnc(Cl)cc1C(=O)N1CC(CO)C1. The lowest BCUT2D eigenvalue weighted by atomic mass is 10.00. The summed E-state index contributed by atoms with van der Waals surface area (Å²) in [4.78, 5) is 17.4. The molecule has 0 bridgehead atoms. The van der Waals surface area contributed by atoms with Gasteiger partial charge in [0.25, 0.3) is 5.91 Å². The van der Waals surface area contributed by atoms with Gasteiger partial charge in [-0.3, -0.25) is 4.79 Å². The highest BCUT2D eigenvalue weighted by molar-refractivity contribution is 6.29. The molecule has 6 heteroatoms. The lowest BCUT2D eigenvalue weighted by Gasteiger charge is -2.38. The molecule has 16 heavy (non-hydrogen) atoms. The van der Waals surface area contributed by atoms with Gasteiger partial charge in [0.1, 0.15) is 5.15 Å². The van der Waals surface area contributed by atoms with Crippen LogP contribution in [0.4, 0.5) is 5.69 Å². The Hall–Kier alpha value is -1.33. The summed E-state index contributed by atoms with van der Waals surface area (Å²) in [6.07, 6.45) is 1.37. The number of nitrogens with zero attached hydrogens (tertiary/aromatic N) is 2. The fourth-order valence-corrected chi connectivity index (χ4v) is 1.81. The zero-order valence-corrected chi connectivity index (χ0v) is 9.31. The maximum absolute atomic E-state index is 11.9. The summed E-state index contributed by atoms with van der Waals surface area (Å²) in [5, 5.41) is 9.11. The molecule has 1 aromatic rings. The van der Waals surface area contributed by atoms with Gasteiger partial charge in [0, 0.05) is 25.6 Å². The van der Waals surface area contributed by atoms with Crippen molar-refractivity contribution in [3.8, 4) is 0 Å². The number of hydrogen-bond acceptors (Lipinski definition) is 4. The van der Waals surface area contributed by atoms with E-state index < -0.39 is 0 Å². The molecule has 1 aliphatic rings. The Labute approximate surface area is 97.8 Å². The van der Waals surface area contributed by atoms with Gasteiger partial charge in [-0.05, 0) is 6.07 Å². The first-order valence-electron chi connectivity index (χ1n) is 4.93. The molecule has 1 aromatic heterocycles. The van der Waals surface area contributed by atoms with Gasteiger partial charge >= 0.3 is 0 Å². The van der Waals surface area contributed by atoms with Crippen molar-refractivity contribution in [3.05, 3.63) is 23.0 Å². The Balaban J connectivity index is 2.13. The number of aliphatic hydroxyl groups is 1. The van der Waals surface area contributed by atoms with Crippen molar-refractivity contribution in [1.29, 1.82) is 0 Å². The Bertz CT molecular complexity index is 419. The van der Waals surface area contributed by atoms with Gasteiger partial charge in [-0.15, -0.1) is 0 Å². The van der Waals surface area contributed by atoms with E-state index in [2.05, 4.69) is 4.98 Å². The van der Waals surface area contributed by atoms with Gasteiger partial charge in [-0.1, -0.05) is 11.6 Å². The third-order valence-corrected chi connectivity index (χ3v) is 2.84. The maximum Gasteiger partial charge on any atom is 0.256 e. The summed E-state index contributed by atoms with van der Waals surface area (Å²) in [5.41, 5.74) is 6.35. The topological polar surface area (TPSA) is 79.5 Å². The van der Waals surface area contributed by atoms with Gasteiger partial charge in [0.2, 0.25) is 0 Å². The molecule has 0 radical (unpaired) electrons. The van der Waals surface area contributed by atoms with E-state index in [1.54, 1.807) is 4.90 Å². The van der Waals surface area contributed by atoms with E-state index in [0.29, 0.717) is 24.3 Å². The second-order valence-corrected chi connectivity index (χ2v) is 4.24. The van der Waals surface area contributed by atoms with Crippen molar-refractivity contribution in [2.24, 2.45) is 5.92 Å². The monoisotopic (exact) mass is 241 g/mol. The molecule has 5 nitrogen and oxygen atoms in total. The first kappa shape index (κ1) is 11.2. The number of amides is 1. The molecule has 86 valence electrons.